The molecule has 0 heterocycles. The monoisotopic (exact) mass is 228 g/mol. The molecule has 0 spiro atoms. The van der Waals surface area contributed by atoms with E-state index in [0.717, 1.165) is 5.56 Å². The van der Waals surface area contributed by atoms with Crippen molar-refractivity contribution < 1.29 is 4.79 Å². The van der Waals surface area contributed by atoms with Crippen molar-refractivity contribution in [3.05, 3.63) is 35.9 Å². The third-order valence-corrected chi connectivity index (χ3v) is 2.13. The second kappa shape index (κ2) is 5.22. The maximum Gasteiger partial charge on any atom is 0.245 e. The van der Waals surface area contributed by atoms with E-state index in [1.807, 2.05) is 12.1 Å². The molecule has 0 saturated heterocycles. The Bertz CT molecular complexity index is 481. The van der Waals surface area contributed by atoms with E-state index in [-0.39, 0.29) is 5.91 Å². The van der Waals surface area contributed by atoms with E-state index < -0.39 is 5.54 Å². The number of hydrogen-bond donors (Lipinski definition) is 2. The Balaban J connectivity index is 2.67. The van der Waals surface area contributed by atoms with E-state index >= 15 is 0 Å². The molecule has 0 aromatic heterocycles. The molecule has 0 atom stereocenters. The van der Waals surface area contributed by atoms with Gasteiger partial charge >= 0.3 is 0 Å². The highest BCUT2D eigenvalue weighted by Crippen LogP contribution is 2.08. The molecule has 17 heavy (non-hydrogen) atoms. The summed E-state index contributed by atoms with van der Waals surface area (Å²) in [5.41, 5.74) is 6.52. The zero-order valence-corrected chi connectivity index (χ0v) is 10.0. The second-order valence-electron chi connectivity index (χ2n) is 4.26. The Morgan fingerprint density at radius 1 is 1.53 bits per heavy atom. The number of hydrogen-bond acceptors (Lipinski definition) is 2. The highest BCUT2D eigenvalue weighted by Gasteiger charge is 2.14. The first-order valence-electron chi connectivity index (χ1n) is 5.26. The molecule has 1 rings (SSSR count). The minimum absolute atomic E-state index is 0.227. The quantitative estimate of drug-likeness (QED) is 0.471. The van der Waals surface area contributed by atoms with Gasteiger partial charge in [0.2, 0.25) is 5.91 Å². The highest BCUT2D eigenvalue weighted by molar-refractivity contribution is 5.92. The lowest BCUT2D eigenvalue weighted by Gasteiger charge is -2.17. The summed E-state index contributed by atoms with van der Waals surface area (Å²) in [6.07, 6.45) is 8.41. The van der Waals surface area contributed by atoms with Crippen LogP contribution >= 0.6 is 0 Å². The fourth-order valence-electron chi connectivity index (χ4n) is 1.22. The molecule has 0 aliphatic heterocycles. The number of carbonyl (C=O) groups is 1. The predicted molar refractivity (Wildman–Crippen MR) is 70.9 cm³/mol. The van der Waals surface area contributed by atoms with Crippen molar-refractivity contribution in [2.24, 2.45) is 0 Å². The van der Waals surface area contributed by atoms with Crippen molar-refractivity contribution in [1.82, 2.24) is 5.32 Å². The van der Waals surface area contributed by atoms with E-state index in [4.69, 9.17) is 12.2 Å². The van der Waals surface area contributed by atoms with Crippen molar-refractivity contribution >= 4 is 17.7 Å². The first-order chi connectivity index (χ1) is 7.93. The van der Waals surface area contributed by atoms with Gasteiger partial charge in [-0.25, -0.2) is 0 Å². The van der Waals surface area contributed by atoms with Crippen molar-refractivity contribution in [2.75, 3.05) is 5.73 Å². The van der Waals surface area contributed by atoms with Gasteiger partial charge in [-0.1, -0.05) is 18.1 Å². The molecule has 0 unspecified atom stereocenters. The van der Waals surface area contributed by atoms with Crippen LogP contribution in [0.3, 0.4) is 0 Å². The Morgan fingerprint density at radius 3 is 2.82 bits per heavy atom. The van der Waals surface area contributed by atoms with Crippen LogP contribution in [0.2, 0.25) is 0 Å². The Labute approximate surface area is 102 Å². The van der Waals surface area contributed by atoms with Crippen LogP contribution in [-0.4, -0.2) is 11.4 Å². The normalized spacial score (nSPS) is 11.1. The molecule has 0 saturated carbocycles. The Morgan fingerprint density at radius 2 is 2.24 bits per heavy atom. The lowest BCUT2D eigenvalue weighted by molar-refractivity contribution is -0.117. The van der Waals surface area contributed by atoms with Crippen molar-refractivity contribution in [2.45, 2.75) is 19.4 Å². The molecule has 0 radical (unpaired) electrons. The molecular weight excluding hydrogens is 212 g/mol. The first kappa shape index (κ1) is 12.9. The van der Waals surface area contributed by atoms with E-state index in [0.29, 0.717) is 5.69 Å². The summed E-state index contributed by atoms with van der Waals surface area (Å²) in [5, 5.41) is 2.70. The highest BCUT2D eigenvalue weighted by atomic mass is 16.1. The van der Waals surface area contributed by atoms with Crippen LogP contribution in [0.1, 0.15) is 19.4 Å². The molecule has 3 heteroatoms. The fourth-order valence-corrected chi connectivity index (χ4v) is 1.22. The van der Waals surface area contributed by atoms with Crippen LogP contribution in [0.15, 0.2) is 30.3 Å². The Hall–Kier alpha value is -2.21. The molecule has 3 nitrogen and oxygen atoms in total. The molecule has 3 N–H and O–H groups in total. The standard InChI is InChI=1S/C14H16N2O/c1-4-14(2,3)16-13(17)9-8-11-6-5-7-12(15)10-11/h1,5-10H,15H2,2-3H3,(H,16,17)/b9-8+. The van der Waals surface area contributed by atoms with Gasteiger partial charge in [-0.3, -0.25) is 4.79 Å². The van der Waals surface area contributed by atoms with Crippen LogP contribution in [0.25, 0.3) is 6.08 Å². The topological polar surface area (TPSA) is 55.1 Å². The van der Waals surface area contributed by atoms with Crippen molar-refractivity contribution in [3.8, 4) is 12.3 Å². The average Bonchev–Trinajstić information content (AvgIpc) is 2.26. The summed E-state index contributed by atoms with van der Waals surface area (Å²) < 4.78 is 0. The fraction of sp³-hybridized carbons (Fsp3) is 0.214. The zero-order chi connectivity index (χ0) is 12.9. The number of rotatable bonds is 3. The smallest absolute Gasteiger partial charge is 0.245 e. The largest absolute Gasteiger partial charge is 0.399 e. The third-order valence-electron chi connectivity index (χ3n) is 2.13. The minimum atomic E-state index is -0.642. The number of anilines is 1. The summed E-state index contributed by atoms with van der Waals surface area (Å²) in [6.45, 7) is 3.53. The number of nitrogens with two attached hydrogens (primary N) is 1. The zero-order valence-electron chi connectivity index (χ0n) is 10.0. The van der Waals surface area contributed by atoms with Crippen LogP contribution in [0.5, 0.6) is 0 Å². The number of nitrogen functional groups attached to an aromatic ring is 1. The molecule has 1 aromatic carbocycles. The third kappa shape index (κ3) is 4.43. The molecule has 0 fully saturated rings. The molecule has 0 aliphatic carbocycles. The average molecular weight is 228 g/mol. The molecular formula is C14H16N2O. The van der Waals surface area contributed by atoms with Gasteiger partial charge in [0, 0.05) is 11.8 Å². The van der Waals surface area contributed by atoms with Crippen molar-refractivity contribution in [3.63, 3.8) is 0 Å². The van der Waals surface area contributed by atoms with Gasteiger partial charge in [0.1, 0.15) is 0 Å². The summed E-state index contributed by atoms with van der Waals surface area (Å²) in [5.74, 6) is 2.27. The van der Waals surface area contributed by atoms with Crippen LogP contribution in [0.4, 0.5) is 5.69 Å². The van der Waals surface area contributed by atoms with E-state index in [9.17, 15) is 4.79 Å². The number of carbonyl (C=O) groups excluding carboxylic acids is 1. The van der Waals surface area contributed by atoms with E-state index in [2.05, 4.69) is 11.2 Å². The number of benzene rings is 1. The van der Waals surface area contributed by atoms with Crippen molar-refractivity contribution in [1.29, 1.82) is 0 Å². The van der Waals surface area contributed by atoms with E-state index in [1.165, 1.54) is 6.08 Å². The molecule has 0 aliphatic rings. The summed E-state index contributed by atoms with van der Waals surface area (Å²) in [7, 11) is 0. The van der Waals surface area contributed by atoms with Crippen LogP contribution in [0, 0.1) is 12.3 Å². The second-order valence-corrected chi connectivity index (χ2v) is 4.26. The lowest BCUT2D eigenvalue weighted by Crippen LogP contribution is -2.41. The molecule has 1 amide bonds. The molecule has 0 bridgehead atoms. The van der Waals surface area contributed by atoms with Gasteiger partial charge in [-0.05, 0) is 37.6 Å². The number of nitrogens with one attached hydrogen (secondary N) is 1. The summed E-state index contributed by atoms with van der Waals surface area (Å²) >= 11 is 0. The predicted octanol–water partition coefficient (Wildman–Crippen LogP) is 1.81. The Kier molecular flexibility index (Phi) is 3.95. The molecule has 88 valence electrons. The van der Waals surface area contributed by atoms with Gasteiger partial charge in [0.05, 0.1) is 5.54 Å². The van der Waals surface area contributed by atoms with Gasteiger partial charge < -0.3 is 11.1 Å². The molecule has 1 aromatic rings. The summed E-state index contributed by atoms with van der Waals surface area (Å²) in [6, 6.07) is 7.28. The van der Waals surface area contributed by atoms with Gasteiger partial charge in [-0.15, -0.1) is 6.42 Å². The summed E-state index contributed by atoms with van der Waals surface area (Å²) in [4.78, 5) is 11.6. The van der Waals surface area contributed by atoms with E-state index in [1.54, 1.807) is 32.1 Å². The number of amides is 1. The number of terminal acetylenes is 1. The maximum atomic E-state index is 11.6. The van der Waals surface area contributed by atoms with Gasteiger partial charge in [-0.2, -0.15) is 0 Å². The van der Waals surface area contributed by atoms with Crippen LogP contribution in [-0.2, 0) is 4.79 Å². The maximum absolute atomic E-state index is 11.6. The van der Waals surface area contributed by atoms with Gasteiger partial charge in [0.15, 0.2) is 0 Å². The van der Waals surface area contributed by atoms with Crippen LogP contribution < -0.4 is 11.1 Å². The first-order valence-corrected chi connectivity index (χ1v) is 5.26. The SMILES string of the molecule is C#CC(C)(C)NC(=O)/C=C/c1cccc(N)c1. The minimum Gasteiger partial charge on any atom is -0.399 e. The lowest BCUT2D eigenvalue weighted by atomic mass is 10.1. The van der Waals surface area contributed by atoms with Gasteiger partial charge in [0.25, 0.3) is 0 Å².